The van der Waals surface area contributed by atoms with Gasteiger partial charge in [0.05, 0.1) is 5.69 Å². The molecule has 106 valence electrons. The standard InChI is InChI=1S/C9H7F5N2O3/c10-7(11)3-1-5(19-9(12,13)14)6(8(17)18)4(2-15)16-3/h1,7H,2,15H2,(H,17,18). The monoisotopic (exact) mass is 286 g/mol. The molecule has 5 nitrogen and oxygen atoms in total. The number of halogens is 5. The molecule has 19 heavy (non-hydrogen) atoms. The van der Waals surface area contributed by atoms with Gasteiger partial charge in [-0.05, 0) is 0 Å². The summed E-state index contributed by atoms with van der Waals surface area (Å²) in [7, 11) is 0. The normalized spacial score (nSPS) is 11.7. The first-order chi connectivity index (χ1) is 8.65. The maximum Gasteiger partial charge on any atom is 0.573 e. The van der Waals surface area contributed by atoms with Crippen molar-refractivity contribution in [3.05, 3.63) is 23.0 Å². The van der Waals surface area contributed by atoms with Crippen LogP contribution in [0, 0.1) is 0 Å². The van der Waals surface area contributed by atoms with E-state index in [9.17, 15) is 26.7 Å². The third-order valence-corrected chi connectivity index (χ3v) is 1.93. The molecule has 1 aromatic rings. The number of alkyl halides is 5. The van der Waals surface area contributed by atoms with Crippen molar-refractivity contribution in [2.75, 3.05) is 0 Å². The third kappa shape index (κ3) is 3.74. The Bertz CT molecular complexity index is 489. The van der Waals surface area contributed by atoms with E-state index in [0.29, 0.717) is 0 Å². The second kappa shape index (κ2) is 5.34. The summed E-state index contributed by atoms with van der Waals surface area (Å²) in [5.41, 5.74) is 2.41. The van der Waals surface area contributed by atoms with Crippen LogP contribution in [0.25, 0.3) is 0 Å². The Morgan fingerprint density at radius 1 is 1.47 bits per heavy atom. The average molecular weight is 286 g/mol. The van der Waals surface area contributed by atoms with Gasteiger partial charge in [0.1, 0.15) is 17.0 Å². The van der Waals surface area contributed by atoms with Gasteiger partial charge >= 0.3 is 12.3 Å². The summed E-state index contributed by atoms with van der Waals surface area (Å²) >= 11 is 0. The van der Waals surface area contributed by atoms with Crippen molar-refractivity contribution in [1.29, 1.82) is 0 Å². The van der Waals surface area contributed by atoms with Crippen LogP contribution >= 0.6 is 0 Å². The Hall–Kier alpha value is -1.97. The van der Waals surface area contributed by atoms with Gasteiger partial charge in [0.2, 0.25) is 0 Å². The van der Waals surface area contributed by atoms with E-state index in [-0.39, 0.29) is 6.07 Å². The Balaban J connectivity index is 3.45. The Labute approximate surface area is 102 Å². The van der Waals surface area contributed by atoms with Crippen molar-refractivity contribution in [2.24, 2.45) is 5.73 Å². The molecular formula is C9H7F5N2O3. The van der Waals surface area contributed by atoms with Crippen molar-refractivity contribution in [3.8, 4) is 5.75 Å². The van der Waals surface area contributed by atoms with Gasteiger partial charge in [-0.3, -0.25) is 0 Å². The van der Waals surface area contributed by atoms with E-state index in [1.54, 1.807) is 0 Å². The number of hydrogen-bond donors (Lipinski definition) is 2. The highest BCUT2D eigenvalue weighted by Gasteiger charge is 2.35. The van der Waals surface area contributed by atoms with Crippen LogP contribution in [0.4, 0.5) is 22.0 Å². The topological polar surface area (TPSA) is 85.4 Å². The molecule has 0 saturated carbocycles. The van der Waals surface area contributed by atoms with Crippen LogP contribution in [-0.4, -0.2) is 22.4 Å². The molecule has 0 aromatic carbocycles. The number of carboxylic acid groups (broad SMARTS) is 1. The van der Waals surface area contributed by atoms with Crippen molar-refractivity contribution in [2.45, 2.75) is 19.3 Å². The van der Waals surface area contributed by atoms with Crippen LogP contribution in [-0.2, 0) is 6.54 Å². The molecule has 1 heterocycles. The van der Waals surface area contributed by atoms with Crippen LogP contribution in [0.3, 0.4) is 0 Å². The summed E-state index contributed by atoms with van der Waals surface area (Å²) in [4.78, 5) is 14.0. The van der Waals surface area contributed by atoms with Crippen LogP contribution in [0.15, 0.2) is 6.07 Å². The van der Waals surface area contributed by atoms with E-state index in [2.05, 4.69) is 9.72 Å². The molecule has 1 aromatic heterocycles. The molecular weight excluding hydrogens is 279 g/mol. The molecule has 0 fully saturated rings. The molecule has 0 unspecified atom stereocenters. The first-order valence-corrected chi connectivity index (χ1v) is 4.66. The molecule has 0 saturated heterocycles. The molecule has 0 aliphatic carbocycles. The highest BCUT2D eigenvalue weighted by molar-refractivity contribution is 5.92. The predicted octanol–water partition coefficient (Wildman–Crippen LogP) is 2.07. The summed E-state index contributed by atoms with van der Waals surface area (Å²) in [6, 6.07) is 0.223. The fourth-order valence-electron chi connectivity index (χ4n) is 1.29. The van der Waals surface area contributed by atoms with Crippen molar-refractivity contribution >= 4 is 5.97 Å². The zero-order valence-corrected chi connectivity index (χ0v) is 9.04. The van der Waals surface area contributed by atoms with E-state index in [4.69, 9.17) is 10.8 Å². The molecule has 0 aliphatic heterocycles. The number of aromatic carboxylic acids is 1. The minimum absolute atomic E-state index is 0.223. The van der Waals surface area contributed by atoms with Gasteiger partial charge < -0.3 is 15.6 Å². The molecule has 0 radical (unpaired) electrons. The third-order valence-electron chi connectivity index (χ3n) is 1.93. The second-order valence-corrected chi connectivity index (χ2v) is 3.22. The smallest absolute Gasteiger partial charge is 0.477 e. The molecule has 1 rings (SSSR count). The Kier molecular flexibility index (Phi) is 4.24. The molecule has 0 bridgehead atoms. The van der Waals surface area contributed by atoms with Crippen LogP contribution in [0.5, 0.6) is 5.75 Å². The number of aromatic nitrogens is 1. The van der Waals surface area contributed by atoms with Gasteiger partial charge in [0.15, 0.2) is 0 Å². The number of carboxylic acids is 1. The average Bonchev–Trinajstić information content (AvgIpc) is 2.24. The lowest BCUT2D eigenvalue weighted by molar-refractivity contribution is -0.274. The van der Waals surface area contributed by atoms with E-state index in [1.807, 2.05) is 0 Å². The highest BCUT2D eigenvalue weighted by atomic mass is 19.4. The van der Waals surface area contributed by atoms with Gasteiger partial charge in [0.25, 0.3) is 6.43 Å². The van der Waals surface area contributed by atoms with Gasteiger partial charge in [-0.2, -0.15) is 0 Å². The maximum atomic E-state index is 12.4. The summed E-state index contributed by atoms with van der Waals surface area (Å²) in [5, 5.41) is 8.77. The summed E-state index contributed by atoms with van der Waals surface area (Å²) in [5.74, 6) is -3.08. The van der Waals surface area contributed by atoms with E-state index in [0.717, 1.165) is 0 Å². The lowest BCUT2D eigenvalue weighted by Crippen LogP contribution is -2.21. The highest BCUT2D eigenvalue weighted by Crippen LogP contribution is 2.31. The second-order valence-electron chi connectivity index (χ2n) is 3.22. The zero-order chi connectivity index (χ0) is 14.8. The number of hydrogen-bond acceptors (Lipinski definition) is 4. The molecule has 0 aliphatic rings. The van der Waals surface area contributed by atoms with E-state index < -0.39 is 48.0 Å². The van der Waals surface area contributed by atoms with Gasteiger partial charge in [-0.15, -0.1) is 13.2 Å². The van der Waals surface area contributed by atoms with Crippen LogP contribution in [0.2, 0.25) is 0 Å². The number of rotatable bonds is 4. The lowest BCUT2D eigenvalue weighted by Gasteiger charge is -2.14. The van der Waals surface area contributed by atoms with E-state index in [1.165, 1.54) is 0 Å². The lowest BCUT2D eigenvalue weighted by atomic mass is 10.1. The van der Waals surface area contributed by atoms with Crippen molar-refractivity contribution in [3.63, 3.8) is 0 Å². The molecule has 0 amide bonds. The fourth-order valence-corrected chi connectivity index (χ4v) is 1.29. The summed E-state index contributed by atoms with van der Waals surface area (Å²) in [6.45, 7) is -0.629. The molecule has 3 N–H and O–H groups in total. The first-order valence-electron chi connectivity index (χ1n) is 4.66. The number of pyridine rings is 1. The number of ether oxygens (including phenoxy) is 1. The summed E-state index contributed by atoms with van der Waals surface area (Å²) < 4.78 is 64.6. The van der Waals surface area contributed by atoms with Gasteiger partial charge in [-0.25, -0.2) is 18.6 Å². The molecule has 0 atom stereocenters. The Morgan fingerprint density at radius 2 is 2.05 bits per heavy atom. The quantitative estimate of drug-likeness (QED) is 0.828. The zero-order valence-electron chi connectivity index (χ0n) is 9.04. The molecule has 0 spiro atoms. The fraction of sp³-hybridized carbons (Fsp3) is 0.333. The maximum absolute atomic E-state index is 12.4. The van der Waals surface area contributed by atoms with E-state index >= 15 is 0 Å². The van der Waals surface area contributed by atoms with Crippen molar-refractivity contribution < 1.29 is 36.6 Å². The number of carbonyl (C=O) groups is 1. The van der Waals surface area contributed by atoms with Gasteiger partial charge in [0, 0.05) is 12.6 Å². The largest absolute Gasteiger partial charge is 0.573 e. The van der Waals surface area contributed by atoms with Crippen molar-refractivity contribution in [1.82, 2.24) is 4.98 Å². The summed E-state index contributed by atoms with van der Waals surface area (Å²) in [6.07, 6.45) is -8.42. The minimum atomic E-state index is -5.23. The molecule has 10 heteroatoms. The van der Waals surface area contributed by atoms with Crippen LogP contribution < -0.4 is 10.5 Å². The first kappa shape index (κ1) is 15.1. The number of nitrogens with zero attached hydrogens (tertiary/aromatic N) is 1. The SMILES string of the molecule is NCc1nc(C(F)F)cc(OC(F)(F)F)c1C(=O)O. The van der Waals surface area contributed by atoms with Gasteiger partial charge in [-0.1, -0.05) is 0 Å². The number of nitrogens with two attached hydrogens (primary N) is 1. The Morgan fingerprint density at radius 3 is 2.42 bits per heavy atom. The predicted molar refractivity (Wildman–Crippen MR) is 50.7 cm³/mol. The van der Waals surface area contributed by atoms with Crippen LogP contribution in [0.1, 0.15) is 28.2 Å². The minimum Gasteiger partial charge on any atom is -0.477 e.